The molecule has 0 unspecified atom stereocenters. The van der Waals surface area contributed by atoms with E-state index in [0.717, 1.165) is 18.5 Å². The number of anilines is 2. The fourth-order valence-electron chi connectivity index (χ4n) is 2.85. The first kappa shape index (κ1) is 16.1. The van der Waals surface area contributed by atoms with E-state index in [2.05, 4.69) is 22.0 Å². The van der Waals surface area contributed by atoms with Crippen LogP contribution in [0.1, 0.15) is 24.5 Å². The maximum Gasteiger partial charge on any atom is 0.319 e. The molecule has 124 valence electrons. The second kappa shape index (κ2) is 7.17. The third-order valence-corrected chi connectivity index (χ3v) is 4.14. The highest BCUT2D eigenvalue weighted by Gasteiger charge is 2.17. The fraction of sp³-hybridized carbons (Fsp3) is 0.263. The summed E-state index contributed by atoms with van der Waals surface area (Å²) < 4.78 is 0. The summed E-state index contributed by atoms with van der Waals surface area (Å²) >= 11 is 0. The van der Waals surface area contributed by atoms with Gasteiger partial charge in [-0.1, -0.05) is 24.3 Å². The minimum absolute atomic E-state index is 0.240. The van der Waals surface area contributed by atoms with Crippen molar-refractivity contribution >= 4 is 23.3 Å². The average molecular weight is 323 g/mol. The van der Waals surface area contributed by atoms with Crippen LogP contribution in [0.3, 0.4) is 0 Å². The van der Waals surface area contributed by atoms with Crippen LogP contribution in [0.25, 0.3) is 0 Å². The zero-order valence-electron chi connectivity index (χ0n) is 13.6. The van der Waals surface area contributed by atoms with Gasteiger partial charge in [-0.2, -0.15) is 0 Å². The predicted octanol–water partition coefficient (Wildman–Crippen LogP) is 3.32. The van der Waals surface area contributed by atoms with Crippen molar-refractivity contribution in [3.63, 3.8) is 0 Å². The molecule has 0 spiro atoms. The summed E-state index contributed by atoms with van der Waals surface area (Å²) in [6, 6.07) is 14.1. The monoisotopic (exact) mass is 323 g/mol. The molecule has 24 heavy (non-hydrogen) atoms. The predicted molar refractivity (Wildman–Crippen MR) is 95.2 cm³/mol. The third kappa shape index (κ3) is 3.93. The van der Waals surface area contributed by atoms with Gasteiger partial charge >= 0.3 is 6.03 Å². The summed E-state index contributed by atoms with van der Waals surface area (Å²) in [7, 11) is 0. The van der Waals surface area contributed by atoms with E-state index in [4.69, 9.17) is 0 Å². The van der Waals surface area contributed by atoms with E-state index >= 15 is 0 Å². The molecule has 2 aromatic carbocycles. The molecule has 3 rings (SSSR count). The summed E-state index contributed by atoms with van der Waals surface area (Å²) in [5.41, 5.74) is 4.12. The number of carbonyl (C=O) groups is 2. The highest BCUT2D eigenvalue weighted by molar-refractivity contribution is 5.99. The Balaban J connectivity index is 1.54. The number of urea groups is 1. The lowest BCUT2D eigenvalue weighted by Crippen LogP contribution is -2.43. The maximum atomic E-state index is 12.2. The van der Waals surface area contributed by atoms with Gasteiger partial charge in [0, 0.05) is 11.4 Å². The standard InChI is InChI=1S/C19H21N3O2/c1-13(20-19(24)22-16-8-3-2-4-9-16)18(23)21-17-11-10-14-6-5-7-15(14)12-17/h2-4,8-13H,5-7H2,1H3,(H,21,23)(H2,20,22,24)/t13-/m1/s1. The Bertz CT molecular complexity index is 744. The molecule has 3 N–H and O–H groups in total. The number of amides is 3. The molecule has 2 aromatic rings. The third-order valence-electron chi connectivity index (χ3n) is 4.14. The Morgan fingerprint density at radius 2 is 1.67 bits per heavy atom. The van der Waals surface area contributed by atoms with Crippen LogP contribution in [-0.2, 0) is 17.6 Å². The van der Waals surface area contributed by atoms with Crippen LogP contribution in [0, 0.1) is 0 Å². The molecule has 0 aromatic heterocycles. The molecule has 0 fully saturated rings. The number of aryl methyl sites for hydroxylation is 2. The first-order chi connectivity index (χ1) is 11.6. The normalized spacial score (nSPS) is 13.7. The smallest absolute Gasteiger partial charge is 0.319 e. The number of carbonyl (C=O) groups excluding carboxylic acids is 2. The molecule has 3 amide bonds. The molecular formula is C19H21N3O2. The van der Waals surface area contributed by atoms with Gasteiger partial charge in [0.2, 0.25) is 5.91 Å². The number of benzene rings is 2. The lowest BCUT2D eigenvalue weighted by molar-refractivity contribution is -0.117. The van der Waals surface area contributed by atoms with Gasteiger partial charge < -0.3 is 16.0 Å². The van der Waals surface area contributed by atoms with Gasteiger partial charge in [-0.15, -0.1) is 0 Å². The van der Waals surface area contributed by atoms with Crippen molar-refractivity contribution in [3.8, 4) is 0 Å². The quantitative estimate of drug-likeness (QED) is 0.808. The minimum atomic E-state index is -0.637. The molecule has 1 aliphatic carbocycles. The van der Waals surface area contributed by atoms with Crippen LogP contribution in [0.2, 0.25) is 0 Å². The Hall–Kier alpha value is -2.82. The van der Waals surface area contributed by atoms with Gasteiger partial charge in [-0.3, -0.25) is 4.79 Å². The van der Waals surface area contributed by atoms with Gasteiger partial charge in [0.05, 0.1) is 0 Å². The SMILES string of the molecule is C[C@@H](NC(=O)Nc1ccccc1)C(=O)Nc1ccc2c(c1)CCC2. The minimum Gasteiger partial charge on any atom is -0.326 e. The van der Waals surface area contributed by atoms with Crippen molar-refractivity contribution in [2.75, 3.05) is 10.6 Å². The van der Waals surface area contributed by atoms with Crippen LogP contribution in [0.15, 0.2) is 48.5 Å². The molecule has 0 aliphatic heterocycles. The molecule has 5 heteroatoms. The highest BCUT2D eigenvalue weighted by atomic mass is 16.2. The number of fused-ring (bicyclic) bond motifs is 1. The van der Waals surface area contributed by atoms with Gasteiger partial charge in [0.25, 0.3) is 0 Å². The molecule has 0 heterocycles. The molecule has 0 radical (unpaired) electrons. The summed E-state index contributed by atoms with van der Waals surface area (Å²) in [5, 5.41) is 8.19. The molecular weight excluding hydrogens is 302 g/mol. The van der Waals surface area contributed by atoms with E-state index in [-0.39, 0.29) is 5.91 Å². The second-order valence-electron chi connectivity index (χ2n) is 6.01. The van der Waals surface area contributed by atoms with E-state index in [0.29, 0.717) is 5.69 Å². The van der Waals surface area contributed by atoms with Crippen LogP contribution < -0.4 is 16.0 Å². The number of nitrogens with one attached hydrogen (secondary N) is 3. The molecule has 0 saturated carbocycles. The van der Waals surface area contributed by atoms with Crippen molar-refractivity contribution < 1.29 is 9.59 Å². The van der Waals surface area contributed by atoms with E-state index in [1.165, 1.54) is 17.5 Å². The van der Waals surface area contributed by atoms with Crippen LogP contribution in [-0.4, -0.2) is 18.0 Å². The Labute approximate surface area is 141 Å². The van der Waals surface area contributed by atoms with Crippen molar-refractivity contribution in [2.45, 2.75) is 32.2 Å². The molecule has 0 bridgehead atoms. The second-order valence-corrected chi connectivity index (χ2v) is 6.01. The van der Waals surface area contributed by atoms with Crippen LogP contribution in [0.5, 0.6) is 0 Å². The molecule has 1 aliphatic rings. The zero-order chi connectivity index (χ0) is 16.9. The van der Waals surface area contributed by atoms with Crippen LogP contribution in [0.4, 0.5) is 16.2 Å². The summed E-state index contributed by atoms with van der Waals surface area (Å²) in [6.07, 6.45) is 3.35. The number of hydrogen-bond acceptors (Lipinski definition) is 2. The Kier molecular flexibility index (Phi) is 4.79. The summed E-state index contributed by atoms with van der Waals surface area (Å²) in [6.45, 7) is 1.66. The van der Waals surface area contributed by atoms with Crippen molar-refractivity contribution in [1.29, 1.82) is 0 Å². The highest BCUT2D eigenvalue weighted by Crippen LogP contribution is 2.24. The topological polar surface area (TPSA) is 70.2 Å². The largest absolute Gasteiger partial charge is 0.326 e. The van der Waals surface area contributed by atoms with E-state index < -0.39 is 12.1 Å². The number of para-hydroxylation sites is 1. The van der Waals surface area contributed by atoms with Gasteiger partial charge in [-0.25, -0.2) is 4.79 Å². The lowest BCUT2D eigenvalue weighted by atomic mass is 10.1. The Morgan fingerprint density at radius 3 is 2.46 bits per heavy atom. The van der Waals surface area contributed by atoms with Gasteiger partial charge in [0.15, 0.2) is 0 Å². The van der Waals surface area contributed by atoms with E-state index in [9.17, 15) is 9.59 Å². The molecule has 0 saturated heterocycles. The van der Waals surface area contributed by atoms with Crippen molar-refractivity contribution in [1.82, 2.24) is 5.32 Å². The van der Waals surface area contributed by atoms with Crippen molar-refractivity contribution in [2.24, 2.45) is 0 Å². The lowest BCUT2D eigenvalue weighted by Gasteiger charge is -2.15. The van der Waals surface area contributed by atoms with Gasteiger partial charge in [0.1, 0.15) is 6.04 Å². The Morgan fingerprint density at radius 1 is 0.917 bits per heavy atom. The van der Waals surface area contributed by atoms with E-state index in [1.54, 1.807) is 19.1 Å². The van der Waals surface area contributed by atoms with Gasteiger partial charge in [-0.05, 0) is 61.6 Å². The van der Waals surface area contributed by atoms with Crippen molar-refractivity contribution in [3.05, 3.63) is 59.7 Å². The maximum absolute atomic E-state index is 12.2. The average Bonchev–Trinajstić information content (AvgIpc) is 3.03. The fourth-order valence-corrected chi connectivity index (χ4v) is 2.85. The summed E-state index contributed by atoms with van der Waals surface area (Å²) in [4.78, 5) is 24.2. The molecule has 5 nitrogen and oxygen atoms in total. The van der Waals surface area contributed by atoms with Crippen LogP contribution >= 0.6 is 0 Å². The number of hydrogen-bond donors (Lipinski definition) is 3. The first-order valence-corrected chi connectivity index (χ1v) is 8.17. The molecule has 1 atom stereocenters. The zero-order valence-corrected chi connectivity index (χ0v) is 13.6. The first-order valence-electron chi connectivity index (χ1n) is 8.17. The summed E-state index contributed by atoms with van der Waals surface area (Å²) in [5.74, 6) is -0.240. The number of rotatable bonds is 4. The van der Waals surface area contributed by atoms with E-state index in [1.807, 2.05) is 30.3 Å².